The van der Waals surface area contributed by atoms with Crippen molar-refractivity contribution >= 4 is 54.4 Å². The monoisotopic (exact) mass is 536 g/mol. The average Bonchev–Trinajstić information content (AvgIpc) is 3.55. The molecule has 5 aromatic carbocycles. The van der Waals surface area contributed by atoms with Gasteiger partial charge in [0.05, 0.1) is 27.8 Å². The van der Waals surface area contributed by atoms with Crippen LogP contribution in [0.3, 0.4) is 0 Å². The zero-order chi connectivity index (χ0) is 27.6. The van der Waals surface area contributed by atoms with Gasteiger partial charge in [0.25, 0.3) is 0 Å². The second-order valence-corrected chi connectivity index (χ2v) is 10.7. The Bertz CT molecular complexity index is 2450. The van der Waals surface area contributed by atoms with E-state index in [1.165, 1.54) is 43.4 Å². The maximum absolute atomic E-state index is 5.12. The summed E-state index contributed by atoms with van der Waals surface area (Å²) in [5.41, 5.74) is 7.76. The molecular formula is C38H24N4. The summed E-state index contributed by atoms with van der Waals surface area (Å²) >= 11 is 0. The fourth-order valence-corrected chi connectivity index (χ4v) is 6.50. The van der Waals surface area contributed by atoms with Crippen LogP contribution >= 0.6 is 0 Å². The van der Waals surface area contributed by atoms with Crippen LogP contribution in [0.1, 0.15) is 0 Å². The number of benzene rings is 5. The topological polar surface area (TPSA) is 35.6 Å². The Kier molecular flexibility index (Phi) is 4.87. The van der Waals surface area contributed by atoms with Crippen molar-refractivity contribution in [2.45, 2.75) is 0 Å². The van der Waals surface area contributed by atoms with Crippen LogP contribution in [0.4, 0.5) is 0 Å². The third-order valence-corrected chi connectivity index (χ3v) is 8.36. The van der Waals surface area contributed by atoms with Crippen LogP contribution in [-0.2, 0) is 0 Å². The van der Waals surface area contributed by atoms with E-state index in [4.69, 9.17) is 4.98 Å². The number of aromatic nitrogens is 4. The molecule has 0 aliphatic carbocycles. The SMILES string of the molecule is c1ccc(-n2c3ccccc3c3cc4cc5c6ccccc6n(-c6cccc(-c7cccnc7)n6)c5cc4cc32)cc1. The van der Waals surface area contributed by atoms with Crippen LogP contribution in [0, 0.1) is 0 Å². The van der Waals surface area contributed by atoms with Gasteiger partial charge in [-0.3, -0.25) is 9.55 Å². The molecule has 0 amide bonds. The van der Waals surface area contributed by atoms with Crippen molar-refractivity contribution in [3.63, 3.8) is 0 Å². The van der Waals surface area contributed by atoms with Gasteiger partial charge in [-0.15, -0.1) is 0 Å². The van der Waals surface area contributed by atoms with Gasteiger partial charge in [-0.1, -0.05) is 60.7 Å². The number of rotatable bonds is 3. The first kappa shape index (κ1) is 23.0. The lowest BCUT2D eigenvalue weighted by Gasteiger charge is -2.10. The van der Waals surface area contributed by atoms with Crippen molar-refractivity contribution < 1.29 is 0 Å². The molecule has 0 unspecified atom stereocenters. The molecule has 0 bridgehead atoms. The van der Waals surface area contributed by atoms with Crippen LogP contribution in [0.2, 0.25) is 0 Å². The molecule has 0 radical (unpaired) electrons. The van der Waals surface area contributed by atoms with E-state index in [1.807, 2.05) is 18.3 Å². The highest BCUT2D eigenvalue weighted by Gasteiger charge is 2.17. The summed E-state index contributed by atoms with van der Waals surface area (Å²) in [4.78, 5) is 9.43. The van der Waals surface area contributed by atoms with Gasteiger partial charge in [0.1, 0.15) is 5.82 Å². The molecule has 0 spiro atoms. The summed E-state index contributed by atoms with van der Waals surface area (Å²) in [6, 6.07) is 47.5. The lowest BCUT2D eigenvalue weighted by Crippen LogP contribution is -1.98. The first-order valence-corrected chi connectivity index (χ1v) is 14.2. The smallest absolute Gasteiger partial charge is 0.138 e. The van der Waals surface area contributed by atoms with E-state index in [9.17, 15) is 0 Å². The minimum absolute atomic E-state index is 0.890. The van der Waals surface area contributed by atoms with Crippen LogP contribution in [0.15, 0.2) is 146 Å². The Morgan fingerprint density at radius 2 is 1.10 bits per heavy atom. The summed E-state index contributed by atoms with van der Waals surface area (Å²) in [5.74, 6) is 0.890. The minimum Gasteiger partial charge on any atom is -0.309 e. The van der Waals surface area contributed by atoms with Gasteiger partial charge in [0.2, 0.25) is 0 Å². The second-order valence-electron chi connectivity index (χ2n) is 10.7. The Morgan fingerprint density at radius 1 is 0.452 bits per heavy atom. The van der Waals surface area contributed by atoms with E-state index in [0.717, 1.165) is 33.8 Å². The summed E-state index contributed by atoms with van der Waals surface area (Å²) in [5, 5.41) is 7.38. The lowest BCUT2D eigenvalue weighted by atomic mass is 10.0. The molecule has 0 saturated carbocycles. The van der Waals surface area contributed by atoms with E-state index >= 15 is 0 Å². The Hall–Kier alpha value is -5.74. The molecule has 0 fully saturated rings. The van der Waals surface area contributed by atoms with Crippen LogP contribution in [0.5, 0.6) is 0 Å². The van der Waals surface area contributed by atoms with Gasteiger partial charge in [0.15, 0.2) is 0 Å². The summed E-state index contributed by atoms with van der Waals surface area (Å²) in [6.07, 6.45) is 3.65. The molecular weight excluding hydrogens is 512 g/mol. The van der Waals surface area contributed by atoms with Gasteiger partial charge in [-0.2, -0.15) is 0 Å². The summed E-state index contributed by atoms with van der Waals surface area (Å²) < 4.78 is 4.67. The van der Waals surface area contributed by atoms with Crippen LogP contribution in [-0.4, -0.2) is 19.1 Å². The largest absolute Gasteiger partial charge is 0.309 e. The normalized spacial score (nSPS) is 11.8. The van der Waals surface area contributed by atoms with Gasteiger partial charge < -0.3 is 4.57 Å². The van der Waals surface area contributed by atoms with E-state index in [2.05, 4.69) is 135 Å². The Labute approximate surface area is 241 Å². The van der Waals surface area contributed by atoms with Gasteiger partial charge in [-0.05, 0) is 83.6 Å². The average molecular weight is 537 g/mol. The highest BCUT2D eigenvalue weighted by atomic mass is 15.1. The fourth-order valence-electron chi connectivity index (χ4n) is 6.50. The van der Waals surface area contributed by atoms with E-state index in [0.29, 0.717) is 0 Å². The highest BCUT2D eigenvalue weighted by molar-refractivity contribution is 6.18. The maximum Gasteiger partial charge on any atom is 0.138 e. The third kappa shape index (κ3) is 3.36. The van der Waals surface area contributed by atoms with E-state index in [1.54, 1.807) is 6.20 Å². The lowest BCUT2D eigenvalue weighted by molar-refractivity contribution is 1.08. The van der Waals surface area contributed by atoms with E-state index < -0.39 is 0 Å². The standard InChI is InChI=1S/C38H24N4/c1-2-11-28(12-3-1)41-34-16-6-4-13-29(34)31-20-26-21-32-30-14-5-7-17-35(30)42(37(32)23-27(26)22-36(31)41)38-18-8-15-33(40-38)25-10-9-19-39-24-25/h1-24H. The van der Waals surface area contributed by atoms with Gasteiger partial charge in [0, 0.05) is 45.2 Å². The summed E-state index contributed by atoms with van der Waals surface area (Å²) in [7, 11) is 0. The summed E-state index contributed by atoms with van der Waals surface area (Å²) in [6.45, 7) is 0. The maximum atomic E-state index is 5.12. The molecule has 4 heterocycles. The molecule has 9 rings (SSSR count). The molecule has 196 valence electrons. The Morgan fingerprint density at radius 3 is 1.81 bits per heavy atom. The molecule has 0 N–H and O–H groups in total. The molecule has 0 aliphatic heterocycles. The van der Waals surface area contributed by atoms with Crippen molar-refractivity contribution in [3.05, 3.63) is 146 Å². The molecule has 4 heteroatoms. The molecule has 9 aromatic rings. The first-order chi connectivity index (χ1) is 20.8. The predicted octanol–water partition coefficient (Wildman–Crippen LogP) is 9.49. The van der Waals surface area contributed by atoms with Crippen molar-refractivity contribution in [2.24, 2.45) is 0 Å². The van der Waals surface area contributed by atoms with Crippen molar-refractivity contribution in [3.8, 4) is 22.8 Å². The zero-order valence-electron chi connectivity index (χ0n) is 22.6. The van der Waals surface area contributed by atoms with Crippen molar-refractivity contribution in [1.29, 1.82) is 0 Å². The van der Waals surface area contributed by atoms with Gasteiger partial charge in [-0.25, -0.2) is 4.98 Å². The molecule has 0 atom stereocenters. The number of pyridine rings is 2. The molecule has 42 heavy (non-hydrogen) atoms. The highest BCUT2D eigenvalue weighted by Crippen LogP contribution is 2.39. The molecule has 0 aliphatic rings. The zero-order valence-corrected chi connectivity index (χ0v) is 22.6. The fraction of sp³-hybridized carbons (Fsp3) is 0. The number of nitrogens with zero attached hydrogens (tertiary/aromatic N) is 4. The molecule has 4 aromatic heterocycles. The van der Waals surface area contributed by atoms with Gasteiger partial charge >= 0.3 is 0 Å². The van der Waals surface area contributed by atoms with Crippen LogP contribution in [0.25, 0.3) is 77.1 Å². The number of hydrogen-bond donors (Lipinski definition) is 0. The Balaban J connectivity index is 1.36. The minimum atomic E-state index is 0.890. The van der Waals surface area contributed by atoms with Crippen LogP contribution < -0.4 is 0 Å². The number of para-hydroxylation sites is 3. The second kappa shape index (κ2) is 8.88. The van der Waals surface area contributed by atoms with Crippen molar-refractivity contribution in [1.82, 2.24) is 19.1 Å². The molecule has 0 saturated heterocycles. The third-order valence-electron chi connectivity index (χ3n) is 8.36. The van der Waals surface area contributed by atoms with Crippen molar-refractivity contribution in [2.75, 3.05) is 0 Å². The predicted molar refractivity (Wildman–Crippen MR) is 174 cm³/mol. The van der Waals surface area contributed by atoms with E-state index in [-0.39, 0.29) is 0 Å². The first-order valence-electron chi connectivity index (χ1n) is 14.2. The number of fused-ring (bicyclic) bond motifs is 7. The quantitative estimate of drug-likeness (QED) is 0.225. The number of hydrogen-bond acceptors (Lipinski definition) is 2. The molecule has 4 nitrogen and oxygen atoms in total.